The van der Waals surface area contributed by atoms with Crippen molar-refractivity contribution in [1.82, 2.24) is 15.3 Å². The lowest BCUT2D eigenvalue weighted by Crippen LogP contribution is -2.28. The van der Waals surface area contributed by atoms with E-state index in [0.717, 1.165) is 34.4 Å². The maximum absolute atomic E-state index is 11.9. The summed E-state index contributed by atoms with van der Waals surface area (Å²) < 4.78 is 11.5. The van der Waals surface area contributed by atoms with E-state index in [9.17, 15) is 4.79 Å². The highest BCUT2D eigenvalue weighted by Gasteiger charge is 2.15. The van der Waals surface area contributed by atoms with Crippen LogP contribution in [0.5, 0.6) is 11.5 Å². The van der Waals surface area contributed by atoms with Gasteiger partial charge in [0, 0.05) is 36.3 Å². The third-order valence-electron chi connectivity index (χ3n) is 4.27. The summed E-state index contributed by atoms with van der Waals surface area (Å²) in [6.07, 6.45) is 4.29. The van der Waals surface area contributed by atoms with E-state index in [2.05, 4.69) is 20.6 Å². The van der Waals surface area contributed by atoms with E-state index < -0.39 is 0 Å². The molecule has 1 aliphatic heterocycles. The highest BCUT2D eigenvalue weighted by Crippen LogP contribution is 2.37. The summed E-state index contributed by atoms with van der Waals surface area (Å²) in [7, 11) is 0. The second kappa shape index (κ2) is 7.49. The molecule has 0 radical (unpaired) electrons. The zero-order valence-electron chi connectivity index (χ0n) is 15.0. The molecule has 2 aromatic heterocycles. The smallest absolute Gasteiger partial charge is 0.320 e. The summed E-state index contributed by atoms with van der Waals surface area (Å²) >= 11 is 0. The van der Waals surface area contributed by atoms with Gasteiger partial charge in [-0.05, 0) is 30.7 Å². The highest BCUT2D eigenvalue weighted by molar-refractivity contribution is 6.03. The molecule has 7 heteroatoms. The monoisotopic (exact) mass is 364 g/mol. The molecule has 0 atom stereocenters. The molecule has 0 bridgehead atoms. The number of carbonyl (C=O) groups is 1. The number of aromatic nitrogens is 2. The highest BCUT2D eigenvalue weighted by atomic mass is 16.5. The first-order chi connectivity index (χ1) is 13.3. The van der Waals surface area contributed by atoms with Crippen molar-refractivity contribution in [3.63, 3.8) is 0 Å². The fraction of sp³-hybridized carbons (Fsp3) is 0.250. The van der Waals surface area contributed by atoms with E-state index in [0.29, 0.717) is 31.1 Å². The number of carbonyl (C=O) groups excluding carboxylic acids is 1. The molecule has 0 saturated heterocycles. The molecule has 2 amide bonds. The van der Waals surface area contributed by atoms with Gasteiger partial charge in [0.05, 0.1) is 13.2 Å². The molecule has 27 heavy (non-hydrogen) atoms. The summed E-state index contributed by atoms with van der Waals surface area (Å²) in [4.78, 5) is 20.7. The van der Waals surface area contributed by atoms with Gasteiger partial charge in [-0.2, -0.15) is 0 Å². The minimum atomic E-state index is -0.305. The number of benzene rings is 1. The number of hydrogen-bond acceptors (Lipinski definition) is 5. The average Bonchev–Trinajstić information content (AvgIpc) is 2.93. The lowest BCUT2D eigenvalue weighted by molar-refractivity contribution is 0.252. The van der Waals surface area contributed by atoms with Crippen molar-refractivity contribution in [1.29, 1.82) is 0 Å². The van der Waals surface area contributed by atoms with Crippen LogP contribution < -0.4 is 20.1 Å². The van der Waals surface area contributed by atoms with Crippen LogP contribution in [0.3, 0.4) is 0 Å². The standard InChI is InChI=1S/C20H20N4O3/c1-2-21-20(25)24-19-18-14(5-3-8-22-18)15(12-23-19)13-6-7-16-17(11-13)27-10-4-9-26-16/h3,5-8,11-12H,2,4,9-10H2,1H3,(H2,21,23,24,25). The molecule has 1 aliphatic rings. The Labute approximate surface area is 156 Å². The Morgan fingerprint density at radius 3 is 2.85 bits per heavy atom. The molecule has 1 aromatic carbocycles. The largest absolute Gasteiger partial charge is 0.490 e. The quantitative estimate of drug-likeness (QED) is 0.742. The Morgan fingerprint density at radius 1 is 1.15 bits per heavy atom. The van der Waals surface area contributed by atoms with Gasteiger partial charge < -0.3 is 14.8 Å². The first kappa shape index (κ1) is 17.1. The lowest BCUT2D eigenvalue weighted by Gasteiger charge is -2.13. The minimum absolute atomic E-state index is 0.305. The fourth-order valence-electron chi connectivity index (χ4n) is 3.04. The van der Waals surface area contributed by atoms with Crippen molar-refractivity contribution in [3.8, 4) is 22.6 Å². The van der Waals surface area contributed by atoms with E-state index >= 15 is 0 Å². The van der Waals surface area contributed by atoms with Gasteiger partial charge in [0.2, 0.25) is 0 Å². The number of nitrogens with one attached hydrogen (secondary N) is 2. The Hall–Kier alpha value is -3.35. The van der Waals surface area contributed by atoms with Crippen LogP contribution in [0.1, 0.15) is 13.3 Å². The molecule has 3 heterocycles. The molecule has 2 N–H and O–H groups in total. The number of nitrogens with zero attached hydrogens (tertiary/aromatic N) is 2. The molecule has 3 aromatic rings. The van der Waals surface area contributed by atoms with Crippen LogP contribution in [-0.4, -0.2) is 35.8 Å². The summed E-state index contributed by atoms with van der Waals surface area (Å²) in [6, 6.07) is 9.38. The van der Waals surface area contributed by atoms with E-state index in [1.54, 1.807) is 12.4 Å². The van der Waals surface area contributed by atoms with Gasteiger partial charge in [-0.15, -0.1) is 0 Å². The van der Waals surface area contributed by atoms with Gasteiger partial charge in [-0.1, -0.05) is 12.1 Å². The zero-order chi connectivity index (χ0) is 18.6. The Bertz CT molecular complexity index is 990. The third kappa shape index (κ3) is 3.48. The summed E-state index contributed by atoms with van der Waals surface area (Å²) in [6.45, 7) is 3.68. The molecular weight excluding hydrogens is 344 g/mol. The molecule has 0 unspecified atom stereocenters. The van der Waals surface area contributed by atoms with Crippen molar-refractivity contribution in [2.75, 3.05) is 25.1 Å². The molecule has 138 valence electrons. The number of fused-ring (bicyclic) bond motifs is 2. The van der Waals surface area contributed by atoms with Gasteiger partial charge in [-0.25, -0.2) is 9.78 Å². The zero-order valence-corrected chi connectivity index (χ0v) is 15.0. The molecule has 0 saturated carbocycles. The normalized spacial score (nSPS) is 13.1. The lowest BCUT2D eigenvalue weighted by atomic mass is 10.0. The predicted molar refractivity (Wildman–Crippen MR) is 103 cm³/mol. The van der Waals surface area contributed by atoms with Gasteiger partial charge in [0.15, 0.2) is 17.3 Å². The number of hydrogen-bond donors (Lipinski definition) is 2. The number of anilines is 1. The van der Waals surface area contributed by atoms with Crippen LogP contribution in [0.4, 0.5) is 10.6 Å². The van der Waals surface area contributed by atoms with Gasteiger partial charge >= 0.3 is 6.03 Å². The molecule has 0 spiro atoms. The fourth-order valence-corrected chi connectivity index (χ4v) is 3.04. The van der Waals surface area contributed by atoms with Gasteiger partial charge in [0.25, 0.3) is 0 Å². The van der Waals surface area contributed by atoms with Crippen LogP contribution in [-0.2, 0) is 0 Å². The molecule has 7 nitrogen and oxygen atoms in total. The Kier molecular flexibility index (Phi) is 4.74. The number of amides is 2. The first-order valence-corrected chi connectivity index (χ1v) is 8.95. The Morgan fingerprint density at radius 2 is 2.00 bits per heavy atom. The maximum atomic E-state index is 11.9. The van der Waals surface area contributed by atoms with E-state index in [4.69, 9.17) is 9.47 Å². The topological polar surface area (TPSA) is 85.4 Å². The van der Waals surface area contributed by atoms with Crippen LogP contribution in [0.2, 0.25) is 0 Å². The van der Waals surface area contributed by atoms with E-state index in [1.807, 2.05) is 37.3 Å². The van der Waals surface area contributed by atoms with Crippen molar-refractivity contribution in [2.24, 2.45) is 0 Å². The van der Waals surface area contributed by atoms with Crippen LogP contribution in [0, 0.1) is 0 Å². The Balaban J connectivity index is 1.77. The minimum Gasteiger partial charge on any atom is -0.490 e. The molecular formula is C20H20N4O3. The number of pyridine rings is 2. The number of ether oxygens (including phenoxy) is 2. The predicted octanol–water partition coefficient (Wildman–Crippen LogP) is 3.60. The first-order valence-electron chi connectivity index (χ1n) is 8.95. The summed E-state index contributed by atoms with van der Waals surface area (Å²) in [5, 5.41) is 6.35. The second-order valence-electron chi connectivity index (χ2n) is 6.12. The third-order valence-corrected chi connectivity index (χ3v) is 4.27. The average molecular weight is 364 g/mol. The van der Waals surface area contributed by atoms with Crippen molar-refractivity contribution < 1.29 is 14.3 Å². The van der Waals surface area contributed by atoms with Crippen molar-refractivity contribution >= 4 is 22.8 Å². The number of rotatable bonds is 3. The SMILES string of the molecule is CCNC(=O)Nc1ncc(-c2ccc3c(c2)OCCCO3)c2cccnc12. The van der Waals surface area contributed by atoms with Crippen LogP contribution in [0.25, 0.3) is 22.0 Å². The maximum Gasteiger partial charge on any atom is 0.320 e. The van der Waals surface area contributed by atoms with Crippen LogP contribution >= 0.6 is 0 Å². The molecule has 4 rings (SSSR count). The summed E-state index contributed by atoms with van der Waals surface area (Å²) in [5.41, 5.74) is 2.50. The van der Waals surface area contributed by atoms with Crippen molar-refractivity contribution in [3.05, 3.63) is 42.7 Å². The molecule has 0 aliphatic carbocycles. The van der Waals surface area contributed by atoms with E-state index in [1.165, 1.54) is 0 Å². The molecule has 0 fully saturated rings. The van der Waals surface area contributed by atoms with Crippen LogP contribution in [0.15, 0.2) is 42.7 Å². The van der Waals surface area contributed by atoms with Gasteiger partial charge in [0.1, 0.15) is 5.52 Å². The number of urea groups is 1. The van der Waals surface area contributed by atoms with Crippen molar-refractivity contribution in [2.45, 2.75) is 13.3 Å². The van der Waals surface area contributed by atoms with Gasteiger partial charge in [-0.3, -0.25) is 10.3 Å². The second-order valence-corrected chi connectivity index (χ2v) is 6.12. The van der Waals surface area contributed by atoms with E-state index in [-0.39, 0.29) is 6.03 Å². The summed E-state index contributed by atoms with van der Waals surface area (Å²) in [5.74, 6) is 1.90.